The monoisotopic (exact) mass is 393 g/mol. The van der Waals surface area contributed by atoms with Crippen molar-refractivity contribution in [3.8, 4) is 5.69 Å². The summed E-state index contributed by atoms with van der Waals surface area (Å²) in [6.45, 7) is 4.09. The van der Waals surface area contributed by atoms with Gasteiger partial charge in [0, 0.05) is 12.6 Å². The summed E-state index contributed by atoms with van der Waals surface area (Å²) in [5.41, 5.74) is 2.59. The van der Waals surface area contributed by atoms with Crippen LogP contribution in [-0.2, 0) is 17.9 Å². The minimum Gasteiger partial charge on any atom is -0.309 e. The highest BCUT2D eigenvalue weighted by Crippen LogP contribution is 2.18. The van der Waals surface area contributed by atoms with Crippen LogP contribution in [0.5, 0.6) is 0 Å². The van der Waals surface area contributed by atoms with E-state index >= 15 is 0 Å². The van der Waals surface area contributed by atoms with E-state index in [2.05, 4.69) is 10.4 Å². The van der Waals surface area contributed by atoms with E-state index in [-0.39, 0.29) is 24.0 Å². The Morgan fingerprint density at radius 3 is 2.38 bits per heavy atom. The number of fused-ring (bicyclic) bond motifs is 1. The van der Waals surface area contributed by atoms with Gasteiger partial charge in [0.2, 0.25) is 5.91 Å². The van der Waals surface area contributed by atoms with Crippen molar-refractivity contribution in [1.29, 1.82) is 0 Å². The first-order valence-corrected chi connectivity index (χ1v) is 9.28. The lowest BCUT2D eigenvalue weighted by molar-refractivity contribution is -0.116. The molecule has 0 aliphatic heterocycles. The summed E-state index contributed by atoms with van der Waals surface area (Å²) in [4.78, 5) is 25.5. The standard InChI is InChI=1S/C21H20FN5O2/c1-3-25-17-6-4-5-7-18(17)26(21(25)29)13-20(28)23-19-12-14(2)24-27(19)16-10-8-15(22)9-11-16/h4-12H,3,13H2,1-2H3,(H,23,28). The number of carbonyl (C=O) groups is 1. The van der Waals surface area contributed by atoms with Crippen molar-refractivity contribution in [2.24, 2.45) is 0 Å². The van der Waals surface area contributed by atoms with Crippen molar-refractivity contribution in [2.45, 2.75) is 26.9 Å². The van der Waals surface area contributed by atoms with Gasteiger partial charge in [-0.1, -0.05) is 12.1 Å². The number of rotatable bonds is 5. The molecule has 0 saturated carbocycles. The van der Waals surface area contributed by atoms with Crippen LogP contribution in [0.25, 0.3) is 16.7 Å². The van der Waals surface area contributed by atoms with Gasteiger partial charge in [0.15, 0.2) is 0 Å². The quantitative estimate of drug-likeness (QED) is 0.566. The van der Waals surface area contributed by atoms with E-state index in [0.29, 0.717) is 29.3 Å². The SMILES string of the molecule is CCn1c(=O)n(CC(=O)Nc2cc(C)nn2-c2ccc(F)cc2)c2ccccc21. The number of hydrogen-bond acceptors (Lipinski definition) is 3. The van der Waals surface area contributed by atoms with Crippen LogP contribution < -0.4 is 11.0 Å². The molecule has 0 unspecified atom stereocenters. The first-order valence-electron chi connectivity index (χ1n) is 9.28. The molecule has 29 heavy (non-hydrogen) atoms. The molecule has 8 heteroatoms. The van der Waals surface area contributed by atoms with Gasteiger partial charge in [-0.3, -0.25) is 13.9 Å². The molecule has 2 aromatic heterocycles. The smallest absolute Gasteiger partial charge is 0.309 e. The Morgan fingerprint density at radius 2 is 1.72 bits per heavy atom. The van der Waals surface area contributed by atoms with Gasteiger partial charge < -0.3 is 5.32 Å². The second-order valence-electron chi connectivity index (χ2n) is 6.71. The lowest BCUT2D eigenvalue weighted by atomic mass is 10.3. The van der Waals surface area contributed by atoms with E-state index in [9.17, 15) is 14.0 Å². The molecule has 2 aromatic carbocycles. The topological polar surface area (TPSA) is 73.8 Å². The van der Waals surface area contributed by atoms with E-state index in [1.807, 2.05) is 31.2 Å². The van der Waals surface area contributed by atoms with Crippen LogP contribution in [-0.4, -0.2) is 24.8 Å². The number of para-hydroxylation sites is 2. The molecule has 0 fully saturated rings. The highest BCUT2D eigenvalue weighted by molar-refractivity contribution is 5.91. The van der Waals surface area contributed by atoms with Crippen molar-refractivity contribution in [2.75, 3.05) is 5.32 Å². The van der Waals surface area contributed by atoms with E-state index in [0.717, 1.165) is 5.52 Å². The summed E-state index contributed by atoms with van der Waals surface area (Å²) in [6, 6.07) is 14.9. The van der Waals surface area contributed by atoms with Crippen molar-refractivity contribution >= 4 is 22.8 Å². The van der Waals surface area contributed by atoms with Gasteiger partial charge in [-0.15, -0.1) is 0 Å². The van der Waals surface area contributed by atoms with Crippen LogP contribution in [0.3, 0.4) is 0 Å². The number of hydrogen-bond donors (Lipinski definition) is 1. The second-order valence-corrected chi connectivity index (χ2v) is 6.71. The molecule has 2 heterocycles. The number of aryl methyl sites for hydroxylation is 2. The van der Waals surface area contributed by atoms with E-state index in [1.54, 1.807) is 29.7 Å². The van der Waals surface area contributed by atoms with Crippen LogP contribution >= 0.6 is 0 Å². The van der Waals surface area contributed by atoms with Crippen molar-refractivity contribution in [3.63, 3.8) is 0 Å². The van der Waals surface area contributed by atoms with Crippen LogP contribution in [0.2, 0.25) is 0 Å². The molecule has 4 aromatic rings. The first-order chi connectivity index (χ1) is 14.0. The summed E-state index contributed by atoms with van der Waals surface area (Å²) in [5.74, 6) is -0.254. The summed E-state index contributed by atoms with van der Waals surface area (Å²) in [7, 11) is 0. The Hall–Kier alpha value is -3.68. The maximum absolute atomic E-state index is 13.2. The maximum atomic E-state index is 13.2. The third kappa shape index (κ3) is 3.44. The van der Waals surface area contributed by atoms with E-state index in [4.69, 9.17) is 0 Å². The molecule has 0 aliphatic carbocycles. The molecule has 0 bridgehead atoms. The molecule has 0 spiro atoms. The normalized spacial score (nSPS) is 11.1. The molecule has 0 atom stereocenters. The fourth-order valence-corrected chi connectivity index (χ4v) is 3.42. The average molecular weight is 393 g/mol. The minimum atomic E-state index is -0.352. The molecule has 0 saturated heterocycles. The molecule has 0 aliphatic rings. The third-order valence-electron chi connectivity index (χ3n) is 4.71. The molecule has 4 rings (SSSR count). The molecule has 1 N–H and O–H groups in total. The highest BCUT2D eigenvalue weighted by atomic mass is 19.1. The summed E-state index contributed by atoms with van der Waals surface area (Å²) < 4.78 is 17.8. The Labute approximate surface area is 166 Å². The van der Waals surface area contributed by atoms with E-state index in [1.165, 1.54) is 21.4 Å². The maximum Gasteiger partial charge on any atom is 0.329 e. The molecule has 7 nitrogen and oxygen atoms in total. The van der Waals surface area contributed by atoms with Crippen LogP contribution in [0, 0.1) is 12.7 Å². The van der Waals surface area contributed by atoms with E-state index < -0.39 is 0 Å². The highest BCUT2D eigenvalue weighted by Gasteiger charge is 2.16. The minimum absolute atomic E-state index is 0.125. The zero-order valence-corrected chi connectivity index (χ0v) is 16.1. The summed E-state index contributed by atoms with van der Waals surface area (Å²) in [6.07, 6.45) is 0. The first kappa shape index (κ1) is 18.7. The lowest BCUT2D eigenvalue weighted by Gasteiger charge is -2.09. The molecule has 148 valence electrons. The Bertz CT molecular complexity index is 1250. The van der Waals surface area contributed by atoms with Gasteiger partial charge in [0.1, 0.15) is 18.2 Å². The Morgan fingerprint density at radius 1 is 1.07 bits per heavy atom. The number of benzene rings is 2. The fourth-order valence-electron chi connectivity index (χ4n) is 3.42. The molecular formula is C21H20FN5O2. The van der Waals surface area contributed by atoms with Gasteiger partial charge in [0.05, 0.1) is 22.4 Å². The number of carbonyl (C=O) groups excluding carboxylic acids is 1. The Balaban J connectivity index is 1.64. The number of amides is 1. The van der Waals surface area contributed by atoms with Crippen LogP contribution in [0.1, 0.15) is 12.6 Å². The number of anilines is 1. The summed E-state index contributed by atoms with van der Waals surface area (Å²) in [5, 5.41) is 7.17. The Kier molecular flexibility index (Phi) is 4.75. The van der Waals surface area contributed by atoms with Crippen molar-refractivity contribution < 1.29 is 9.18 Å². The average Bonchev–Trinajstić information content (AvgIpc) is 3.19. The van der Waals surface area contributed by atoms with Crippen LogP contribution in [0.15, 0.2) is 59.4 Å². The lowest BCUT2D eigenvalue weighted by Crippen LogP contribution is -2.29. The number of nitrogens with zero attached hydrogens (tertiary/aromatic N) is 4. The molecule has 0 radical (unpaired) electrons. The van der Waals surface area contributed by atoms with Crippen molar-refractivity contribution in [1.82, 2.24) is 18.9 Å². The zero-order chi connectivity index (χ0) is 20.5. The number of halogens is 1. The van der Waals surface area contributed by atoms with Crippen LogP contribution in [0.4, 0.5) is 10.2 Å². The van der Waals surface area contributed by atoms with Gasteiger partial charge in [-0.25, -0.2) is 13.9 Å². The second kappa shape index (κ2) is 7.38. The number of aromatic nitrogens is 4. The van der Waals surface area contributed by atoms with Gasteiger partial charge in [-0.2, -0.15) is 5.10 Å². The van der Waals surface area contributed by atoms with Gasteiger partial charge in [0.25, 0.3) is 0 Å². The molecular weight excluding hydrogens is 373 g/mol. The molecule has 1 amide bonds. The largest absolute Gasteiger partial charge is 0.329 e. The third-order valence-corrected chi connectivity index (χ3v) is 4.71. The predicted molar refractivity (Wildman–Crippen MR) is 109 cm³/mol. The van der Waals surface area contributed by atoms with Crippen molar-refractivity contribution in [3.05, 3.63) is 76.6 Å². The number of nitrogens with one attached hydrogen (secondary N) is 1. The zero-order valence-electron chi connectivity index (χ0n) is 16.1. The fraction of sp³-hybridized carbons (Fsp3) is 0.190. The predicted octanol–water partition coefficient (Wildman–Crippen LogP) is 3.09. The number of imidazole rings is 1. The van der Waals surface area contributed by atoms with Gasteiger partial charge in [-0.05, 0) is 50.2 Å². The summed E-state index contributed by atoms with van der Waals surface area (Å²) >= 11 is 0. The van der Waals surface area contributed by atoms with Gasteiger partial charge >= 0.3 is 5.69 Å².